The molecule has 0 bridgehead atoms. The van der Waals surface area contributed by atoms with Crippen LogP contribution in [0, 0.1) is 0 Å². The average Bonchev–Trinajstić information content (AvgIpc) is 2.00. The molecule has 0 spiro atoms. The SMILES string of the molecule is C=C/C=C1/NC(=O)C(C)(C)OC1=C. The molecule has 3 heteroatoms. The molecule has 0 aromatic rings. The Balaban J connectivity index is 2.92. The van der Waals surface area contributed by atoms with Gasteiger partial charge in [0.05, 0.1) is 5.70 Å². The Bertz CT molecular complexity index is 300. The molecule has 1 aliphatic rings. The van der Waals surface area contributed by atoms with Gasteiger partial charge in [-0.3, -0.25) is 4.79 Å². The van der Waals surface area contributed by atoms with E-state index in [-0.39, 0.29) is 5.91 Å². The van der Waals surface area contributed by atoms with Gasteiger partial charge in [0.2, 0.25) is 0 Å². The minimum Gasteiger partial charge on any atom is -0.476 e. The monoisotopic (exact) mass is 179 g/mol. The molecule has 0 saturated carbocycles. The van der Waals surface area contributed by atoms with Crippen LogP contribution in [0.1, 0.15) is 13.8 Å². The predicted octanol–water partition coefficient (Wildman–Crippen LogP) is 1.49. The van der Waals surface area contributed by atoms with E-state index in [0.717, 1.165) is 0 Å². The molecular weight excluding hydrogens is 166 g/mol. The second-order valence-electron chi connectivity index (χ2n) is 3.31. The van der Waals surface area contributed by atoms with Crippen molar-refractivity contribution in [3.8, 4) is 0 Å². The van der Waals surface area contributed by atoms with E-state index in [0.29, 0.717) is 11.5 Å². The van der Waals surface area contributed by atoms with E-state index >= 15 is 0 Å². The van der Waals surface area contributed by atoms with E-state index in [1.807, 2.05) is 0 Å². The van der Waals surface area contributed by atoms with Crippen molar-refractivity contribution >= 4 is 5.91 Å². The average molecular weight is 179 g/mol. The number of carbonyl (C=O) groups is 1. The molecule has 1 N–H and O–H groups in total. The van der Waals surface area contributed by atoms with Crippen LogP contribution in [0.25, 0.3) is 0 Å². The highest BCUT2D eigenvalue weighted by molar-refractivity contribution is 5.87. The van der Waals surface area contributed by atoms with E-state index in [1.54, 1.807) is 26.0 Å². The molecule has 1 heterocycles. The van der Waals surface area contributed by atoms with Crippen LogP contribution >= 0.6 is 0 Å². The standard InChI is InChI=1S/C10H13NO2/c1-5-6-8-7(2)13-10(3,4)9(12)11-8/h5-6H,1-2H2,3-4H3,(H,11,12)/b8-6+. The number of carbonyl (C=O) groups excluding carboxylic acids is 1. The first-order valence-corrected chi connectivity index (χ1v) is 4.00. The topological polar surface area (TPSA) is 38.3 Å². The van der Waals surface area contributed by atoms with Crippen molar-refractivity contribution in [3.63, 3.8) is 0 Å². The zero-order valence-corrected chi connectivity index (χ0v) is 7.89. The maximum atomic E-state index is 11.4. The lowest BCUT2D eigenvalue weighted by molar-refractivity contribution is -0.140. The molecular formula is C10H13NO2. The first kappa shape index (κ1) is 9.58. The lowest BCUT2D eigenvalue weighted by atomic mass is 10.1. The molecule has 1 amide bonds. The van der Waals surface area contributed by atoms with Crippen LogP contribution in [-0.4, -0.2) is 11.5 Å². The molecule has 1 rings (SSSR count). The first-order chi connectivity index (χ1) is 5.97. The maximum absolute atomic E-state index is 11.4. The van der Waals surface area contributed by atoms with Crippen molar-refractivity contribution in [1.82, 2.24) is 5.32 Å². The Morgan fingerprint density at radius 3 is 2.69 bits per heavy atom. The number of ether oxygens (including phenoxy) is 1. The summed E-state index contributed by atoms with van der Waals surface area (Å²) in [4.78, 5) is 11.4. The third-order valence-corrected chi connectivity index (χ3v) is 1.76. The van der Waals surface area contributed by atoms with Crippen LogP contribution < -0.4 is 5.32 Å². The largest absolute Gasteiger partial charge is 0.476 e. The lowest BCUT2D eigenvalue weighted by Gasteiger charge is -2.32. The summed E-state index contributed by atoms with van der Waals surface area (Å²) in [5.74, 6) is 0.289. The number of hydrogen-bond acceptors (Lipinski definition) is 2. The summed E-state index contributed by atoms with van der Waals surface area (Å²) in [6.07, 6.45) is 3.22. The fraction of sp³-hybridized carbons (Fsp3) is 0.300. The van der Waals surface area contributed by atoms with Crippen LogP contribution in [0.2, 0.25) is 0 Å². The zero-order valence-electron chi connectivity index (χ0n) is 7.89. The van der Waals surface area contributed by atoms with Crippen LogP contribution in [-0.2, 0) is 9.53 Å². The Hall–Kier alpha value is -1.51. The number of hydrogen-bond donors (Lipinski definition) is 1. The molecule has 0 aromatic heterocycles. The molecule has 3 nitrogen and oxygen atoms in total. The third-order valence-electron chi connectivity index (χ3n) is 1.76. The van der Waals surface area contributed by atoms with E-state index in [1.165, 1.54) is 0 Å². The Morgan fingerprint density at radius 1 is 1.54 bits per heavy atom. The number of nitrogens with one attached hydrogen (secondary N) is 1. The Kier molecular flexibility index (Phi) is 2.28. The van der Waals surface area contributed by atoms with Gasteiger partial charge in [-0.15, -0.1) is 0 Å². The number of allylic oxidation sites excluding steroid dienone is 2. The van der Waals surface area contributed by atoms with Crippen molar-refractivity contribution in [1.29, 1.82) is 0 Å². The fourth-order valence-electron chi connectivity index (χ4n) is 1.00. The van der Waals surface area contributed by atoms with E-state index in [4.69, 9.17) is 4.74 Å². The van der Waals surface area contributed by atoms with Gasteiger partial charge in [0.15, 0.2) is 5.60 Å². The van der Waals surface area contributed by atoms with Crippen molar-refractivity contribution in [2.45, 2.75) is 19.4 Å². The number of morpholine rings is 1. The fourth-order valence-corrected chi connectivity index (χ4v) is 1.00. The van der Waals surface area contributed by atoms with E-state index < -0.39 is 5.60 Å². The van der Waals surface area contributed by atoms with Gasteiger partial charge in [-0.1, -0.05) is 19.2 Å². The Morgan fingerprint density at radius 2 is 2.15 bits per heavy atom. The van der Waals surface area contributed by atoms with Crippen LogP contribution in [0.3, 0.4) is 0 Å². The van der Waals surface area contributed by atoms with Crippen LogP contribution in [0.5, 0.6) is 0 Å². The number of rotatable bonds is 1. The van der Waals surface area contributed by atoms with Crippen LogP contribution in [0.4, 0.5) is 0 Å². The summed E-state index contributed by atoms with van der Waals surface area (Å²) in [5, 5.41) is 2.68. The van der Waals surface area contributed by atoms with Gasteiger partial charge in [-0.05, 0) is 19.9 Å². The highest BCUT2D eigenvalue weighted by Gasteiger charge is 2.35. The minimum atomic E-state index is -0.838. The van der Waals surface area contributed by atoms with Crippen molar-refractivity contribution in [2.75, 3.05) is 0 Å². The third kappa shape index (κ3) is 1.80. The number of amides is 1. The highest BCUT2D eigenvalue weighted by Crippen LogP contribution is 2.23. The molecule has 0 unspecified atom stereocenters. The molecule has 1 fully saturated rings. The molecule has 1 aliphatic heterocycles. The van der Waals surface area contributed by atoms with Crippen molar-refractivity contribution in [2.24, 2.45) is 0 Å². The summed E-state index contributed by atoms with van der Waals surface area (Å²) in [7, 11) is 0. The minimum absolute atomic E-state index is 0.173. The van der Waals surface area contributed by atoms with Gasteiger partial charge in [-0.2, -0.15) is 0 Å². The Labute approximate surface area is 77.8 Å². The molecule has 1 saturated heterocycles. The van der Waals surface area contributed by atoms with E-state index in [2.05, 4.69) is 18.5 Å². The lowest BCUT2D eigenvalue weighted by Crippen LogP contribution is -2.48. The van der Waals surface area contributed by atoms with Crippen LogP contribution in [0.15, 0.2) is 36.8 Å². The summed E-state index contributed by atoms with van der Waals surface area (Å²) in [5.41, 5.74) is -0.269. The quantitative estimate of drug-likeness (QED) is 0.662. The molecule has 0 radical (unpaired) electrons. The molecule has 13 heavy (non-hydrogen) atoms. The molecule has 0 aromatic carbocycles. The summed E-state index contributed by atoms with van der Waals surface area (Å²) < 4.78 is 5.33. The summed E-state index contributed by atoms with van der Waals surface area (Å²) in [6, 6.07) is 0. The predicted molar refractivity (Wildman–Crippen MR) is 50.7 cm³/mol. The van der Waals surface area contributed by atoms with Gasteiger partial charge in [0.25, 0.3) is 5.91 Å². The van der Waals surface area contributed by atoms with E-state index in [9.17, 15) is 4.79 Å². The van der Waals surface area contributed by atoms with Crippen molar-refractivity contribution in [3.05, 3.63) is 36.8 Å². The summed E-state index contributed by atoms with van der Waals surface area (Å²) in [6.45, 7) is 10.6. The molecule has 0 aliphatic carbocycles. The van der Waals surface area contributed by atoms with Gasteiger partial charge in [-0.25, -0.2) is 0 Å². The summed E-state index contributed by atoms with van der Waals surface area (Å²) >= 11 is 0. The molecule has 70 valence electrons. The van der Waals surface area contributed by atoms with Gasteiger partial charge in [0, 0.05) is 0 Å². The second kappa shape index (κ2) is 3.09. The van der Waals surface area contributed by atoms with Gasteiger partial charge < -0.3 is 10.1 Å². The second-order valence-corrected chi connectivity index (χ2v) is 3.31. The first-order valence-electron chi connectivity index (χ1n) is 4.00. The molecule has 0 atom stereocenters. The van der Waals surface area contributed by atoms with Gasteiger partial charge >= 0.3 is 0 Å². The van der Waals surface area contributed by atoms with Gasteiger partial charge in [0.1, 0.15) is 5.76 Å². The maximum Gasteiger partial charge on any atom is 0.268 e. The normalized spacial score (nSPS) is 23.7. The van der Waals surface area contributed by atoms with Crippen molar-refractivity contribution < 1.29 is 9.53 Å². The zero-order chi connectivity index (χ0) is 10.1. The highest BCUT2D eigenvalue weighted by atomic mass is 16.5. The smallest absolute Gasteiger partial charge is 0.268 e.